The molecule has 0 N–H and O–H groups in total. The zero-order valence-corrected chi connectivity index (χ0v) is 23.5. The van der Waals surface area contributed by atoms with Crippen LogP contribution in [0.2, 0.25) is 0 Å². The Morgan fingerprint density at radius 2 is 1.75 bits per heavy atom. The van der Waals surface area contributed by atoms with Crippen LogP contribution >= 0.6 is 11.3 Å². The fraction of sp³-hybridized carbons (Fsp3) is 0.219. The van der Waals surface area contributed by atoms with Gasteiger partial charge in [-0.25, -0.2) is 4.98 Å². The molecule has 1 atom stereocenters. The summed E-state index contributed by atoms with van der Waals surface area (Å²) in [7, 11) is 0. The van der Waals surface area contributed by atoms with E-state index in [0.717, 1.165) is 21.7 Å². The quantitative estimate of drug-likeness (QED) is 0.218. The molecule has 1 aliphatic heterocycles. The summed E-state index contributed by atoms with van der Waals surface area (Å²) in [6.07, 6.45) is 0. The lowest BCUT2D eigenvalue weighted by atomic mass is 9.98. The van der Waals surface area contributed by atoms with Crippen molar-refractivity contribution < 1.29 is 18.7 Å². The van der Waals surface area contributed by atoms with Gasteiger partial charge in [-0.2, -0.15) is 0 Å². The molecule has 0 saturated heterocycles. The smallest absolute Gasteiger partial charge is 0.297 e. The van der Waals surface area contributed by atoms with Crippen LogP contribution in [0, 0.1) is 20.8 Å². The van der Waals surface area contributed by atoms with Crippen molar-refractivity contribution in [3.05, 3.63) is 116 Å². The first-order chi connectivity index (χ1) is 19.4. The monoisotopic (exact) mass is 552 g/mol. The zero-order chi connectivity index (χ0) is 28.0. The van der Waals surface area contributed by atoms with Crippen molar-refractivity contribution in [2.24, 2.45) is 0 Å². The maximum absolute atomic E-state index is 14.0. The van der Waals surface area contributed by atoms with E-state index in [-0.39, 0.29) is 11.2 Å². The Kier molecular flexibility index (Phi) is 6.64. The summed E-state index contributed by atoms with van der Waals surface area (Å²) in [5.41, 5.74) is 3.96. The van der Waals surface area contributed by atoms with Crippen molar-refractivity contribution >= 4 is 33.3 Å². The fourth-order valence-electron chi connectivity index (χ4n) is 4.98. The molecule has 6 rings (SSSR count). The minimum atomic E-state index is -0.740. The van der Waals surface area contributed by atoms with Crippen LogP contribution in [0.5, 0.6) is 11.5 Å². The number of carbonyl (C=O) groups is 1. The number of nitrogens with zero attached hydrogens (tertiary/aromatic N) is 2. The second-order valence-corrected chi connectivity index (χ2v) is 11.0. The molecule has 2 aromatic heterocycles. The van der Waals surface area contributed by atoms with E-state index in [2.05, 4.69) is 4.98 Å². The van der Waals surface area contributed by atoms with Gasteiger partial charge in [-0.1, -0.05) is 48.0 Å². The minimum absolute atomic E-state index is 0.0409. The van der Waals surface area contributed by atoms with Gasteiger partial charge in [0.15, 0.2) is 22.1 Å². The topological polar surface area (TPSA) is 81.9 Å². The predicted molar refractivity (Wildman–Crippen MR) is 156 cm³/mol. The third-order valence-corrected chi connectivity index (χ3v) is 8.14. The molecule has 8 heteroatoms. The molecule has 40 heavy (non-hydrogen) atoms. The van der Waals surface area contributed by atoms with E-state index in [4.69, 9.17) is 13.9 Å². The van der Waals surface area contributed by atoms with E-state index in [9.17, 15) is 9.59 Å². The Morgan fingerprint density at radius 3 is 2.48 bits per heavy atom. The molecule has 0 spiro atoms. The van der Waals surface area contributed by atoms with Crippen LogP contribution in [0.15, 0.2) is 75.9 Å². The van der Waals surface area contributed by atoms with Gasteiger partial charge in [0.25, 0.3) is 5.91 Å². The molecular weight excluding hydrogens is 524 g/mol. The van der Waals surface area contributed by atoms with E-state index >= 15 is 0 Å². The van der Waals surface area contributed by atoms with Crippen molar-refractivity contribution in [2.75, 3.05) is 11.5 Å². The Labute approximate surface area is 235 Å². The van der Waals surface area contributed by atoms with Crippen molar-refractivity contribution in [3.63, 3.8) is 0 Å². The summed E-state index contributed by atoms with van der Waals surface area (Å²) in [6, 6.07) is 20.1. The van der Waals surface area contributed by atoms with Crippen LogP contribution in [0.1, 0.15) is 56.3 Å². The third-order valence-electron chi connectivity index (χ3n) is 7.07. The van der Waals surface area contributed by atoms with Gasteiger partial charge >= 0.3 is 0 Å². The Balaban J connectivity index is 1.51. The molecule has 3 heterocycles. The highest BCUT2D eigenvalue weighted by molar-refractivity contribution is 7.15. The fourth-order valence-corrected chi connectivity index (χ4v) is 5.91. The molecule has 0 saturated carbocycles. The van der Waals surface area contributed by atoms with Gasteiger partial charge in [0.1, 0.15) is 12.2 Å². The lowest BCUT2D eigenvalue weighted by Crippen LogP contribution is -2.29. The minimum Gasteiger partial charge on any atom is -0.490 e. The van der Waals surface area contributed by atoms with E-state index in [1.165, 1.54) is 11.3 Å². The van der Waals surface area contributed by atoms with E-state index in [1.54, 1.807) is 17.0 Å². The summed E-state index contributed by atoms with van der Waals surface area (Å²) in [4.78, 5) is 35.1. The number of benzene rings is 3. The van der Waals surface area contributed by atoms with Crippen LogP contribution in [0.3, 0.4) is 0 Å². The van der Waals surface area contributed by atoms with Crippen LogP contribution in [-0.2, 0) is 6.61 Å². The third kappa shape index (κ3) is 4.44. The van der Waals surface area contributed by atoms with E-state index in [1.807, 2.05) is 82.3 Å². The van der Waals surface area contributed by atoms with Crippen LogP contribution in [0.4, 0.5) is 5.13 Å². The zero-order valence-electron chi connectivity index (χ0n) is 22.7. The largest absolute Gasteiger partial charge is 0.490 e. The van der Waals surface area contributed by atoms with Crippen LogP contribution in [-0.4, -0.2) is 17.5 Å². The van der Waals surface area contributed by atoms with Crippen molar-refractivity contribution in [1.29, 1.82) is 0 Å². The normalized spacial score (nSPS) is 14.6. The number of ether oxygens (including phenoxy) is 2. The van der Waals surface area contributed by atoms with Gasteiger partial charge in [0, 0.05) is 4.88 Å². The number of amides is 1. The van der Waals surface area contributed by atoms with Gasteiger partial charge in [0.05, 0.1) is 29.3 Å². The SMILES string of the molecule is CCOc1cc(C2c3c(oc4ccc(C)cc4c3=O)C(=O)N2c2nc(C)c(C)s2)ccc1OCc1ccccc1. The molecule has 1 aliphatic rings. The lowest BCUT2D eigenvalue weighted by Gasteiger charge is -2.23. The summed E-state index contributed by atoms with van der Waals surface area (Å²) in [5.74, 6) is 0.756. The van der Waals surface area contributed by atoms with Gasteiger partial charge in [-0.3, -0.25) is 14.5 Å². The number of aryl methyl sites for hydroxylation is 3. The van der Waals surface area contributed by atoms with E-state index < -0.39 is 11.9 Å². The van der Waals surface area contributed by atoms with Gasteiger partial charge in [-0.05, 0) is 63.1 Å². The second kappa shape index (κ2) is 10.3. The highest BCUT2D eigenvalue weighted by Gasteiger charge is 2.45. The predicted octanol–water partition coefficient (Wildman–Crippen LogP) is 6.90. The van der Waals surface area contributed by atoms with Crippen molar-refractivity contribution in [2.45, 2.75) is 40.3 Å². The number of aromatic nitrogens is 1. The molecule has 0 fully saturated rings. The number of hydrogen-bond donors (Lipinski definition) is 0. The van der Waals surface area contributed by atoms with Gasteiger partial charge < -0.3 is 13.9 Å². The molecule has 7 nitrogen and oxygen atoms in total. The van der Waals surface area contributed by atoms with E-state index in [0.29, 0.717) is 51.9 Å². The maximum atomic E-state index is 14.0. The maximum Gasteiger partial charge on any atom is 0.297 e. The molecule has 1 amide bonds. The summed E-state index contributed by atoms with van der Waals surface area (Å²) >= 11 is 1.41. The molecule has 5 aromatic rings. The highest BCUT2D eigenvalue weighted by atomic mass is 32.1. The number of anilines is 1. The van der Waals surface area contributed by atoms with Crippen LogP contribution < -0.4 is 19.8 Å². The Hall–Kier alpha value is -4.43. The Morgan fingerprint density at radius 1 is 0.950 bits per heavy atom. The average Bonchev–Trinajstić information content (AvgIpc) is 3.44. The molecule has 0 radical (unpaired) electrons. The number of thiazole rings is 1. The number of fused-ring (bicyclic) bond motifs is 2. The van der Waals surface area contributed by atoms with Crippen molar-refractivity contribution in [1.82, 2.24) is 4.98 Å². The number of hydrogen-bond acceptors (Lipinski definition) is 7. The van der Waals surface area contributed by atoms with Crippen LogP contribution in [0.25, 0.3) is 11.0 Å². The first-order valence-corrected chi connectivity index (χ1v) is 14.0. The van der Waals surface area contributed by atoms with Crippen molar-refractivity contribution in [3.8, 4) is 11.5 Å². The van der Waals surface area contributed by atoms with Gasteiger partial charge in [-0.15, -0.1) is 11.3 Å². The molecular formula is C32H28N2O5S. The lowest BCUT2D eigenvalue weighted by molar-refractivity contribution is 0.0971. The van der Waals surface area contributed by atoms with Gasteiger partial charge in [0.2, 0.25) is 5.76 Å². The molecule has 0 bridgehead atoms. The average molecular weight is 553 g/mol. The first-order valence-electron chi connectivity index (χ1n) is 13.1. The number of rotatable bonds is 7. The molecule has 0 aliphatic carbocycles. The molecule has 202 valence electrons. The molecule has 1 unspecified atom stereocenters. The molecule has 3 aromatic carbocycles. The summed E-state index contributed by atoms with van der Waals surface area (Å²) < 4.78 is 18.2. The standard InChI is InChI=1S/C32H28N2O5S/c1-5-37-26-16-22(12-14-25(26)38-17-21-9-7-6-8-10-21)28-27-29(35)23-15-18(2)11-13-24(23)39-30(27)31(36)34(28)32-33-19(3)20(4)40-32/h6-16,28H,5,17H2,1-4H3. The highest BCUT2D eigenvalue weighted by Crippen LogP contribution is 2.44. The first kappa shape index (κ1) is 25.8. The summed E-state index contributed by atoms with van der Waals surface area (Å²) in [5, 5.41) is 0.955. The summed E-state index contributed by atoms with van der Waals surface area (Å²) in [6.45, 7) is 8.50. The number of carbonyl (C=O) groups excluding carboxylic acids is 1. The Bertz CT molecular complexity index is 1790. The second-order valence-electron chi connectivity index (χ2n) is 9.80.